The first-order valence-electron chi connectivity index (χ1n) is 9.29. The van der Waals surface area contributed by atoms with Crippen LogP contribution in [-0.2, 0) is 23.1 Å². The second-order valence-electron chi connectivity index (χ2n) is 7.49. The highest BCUT2D eigenvalue weighted by Gasteiger charge is 2.41. The van der Waals surface area contributed by atoms with Gasteiger partial charge in [-0.3, -0.25) is 9.69 Å². The van der Waals surface area contributed by atoms with E-state index in [1.54, 1.807) is 0 Å². The highest BCUT2D eigenvalue weighted by molar-refractivity contribution is 5.77. The fraction of sp³-hybridized carbons (Fsp3) is 0.778. The summed E-state index contributed by atoms with van der Waals surface area (Å²) in [6, 6.07) is 0. The monoisotopic (exact) mass is 349 g/mol. The van der Waals surface area contributed by atoms with Crippen LogP contribution >= 0.6 is 0 Å². The van der Waals surface area contributed by atoms with Gasteiger partial charge in [0.25, 0.3) is 0 Å². The van der Waals surface area contributed by atoms with Crippen molar-refractivity contribution < 1.29 is 9.53 Å². The number of anilines is 1. The summed E-state index contributed by atoms with van der Waals surface area (Å²) in [5.74, 6) is 1.03. The van der Waals surface area contributed by atoms with E-state index >= 15 is 0 Å². The lowest BCUT2D eigenvalue weighted by Crippen LogP contribution is -2.53. The predicted molar refractivity (Wildman–Crippen MR) is 97.6 cm³/mol. The van der Waals surface area contributed by atoms with Gasteiger partial charge in [-0.15, -0.1) is 0 Å². The van der Waals surface area contributed by atoms with Crippen LogP contribution in [0.5, 0.6) is 0 Å². The molecule has 0 radical (unpaired) electrons. The molecule has 1 saturated carbocycles. The van der Waals surface area contributed by atoms with E-state index < -0.39 is 0 Å². The molecule has 140 valence electrons. The van der Waals surface area contributed by atoms with E-state index in [1.807, 2.05) is 36.8 Å². The van der Waals surface area contributed by atoms with Crippen molar-refractivity contribution >= 4 is 11.9 Å². The zero-order valence-electron chi connectivity index (χ0n) is 15.8. The van der Waals surface area contributed by atoms with Crippen LogP contribution in [0.3, 0.4) is 0 Å². The van der Waals surface area contributed by atoms with Crippen LogP contribution in [0.1, 0.15) is 37.8 Å². The Bertz CT molecular complexity index is 586. The van der Waals surface area contributed by atoms with E-state index in [0.717, 1.165) is 50.8 Å². The molecule has 1 aliphatic carbocycles. The van der Waals surface area contributed by atoms with E-state index in [4.69, 9.17) is 4.74 Å². The number of hydrogen-bond acceptors (Lipinski definition) is 5. The van der Waals surface area contributed by atoms with Crippen LogP contribution in [-0.4, -0.2) is 66.3 Å². The van der Waals surface area contributed by atoms with Gasteiger partial charge in [0.2, 0.25) is 11.9 Å². The summed E-state index contributed by atoms with van der Waals surface area (Å²) >= 11 is 0. The number of nitrogens with one attached hydrogen (secondary N) is 1. The quantitative estimate of drug-likeness (QED) is 0.834. The summed E-state index contributed by atoms with van der Waals surface area (Å²) in [7, 11) is 5.92. The Hall–Kier alpha value is -1.60. The lowest BCUT2D eigenvalue weighted by molar-refractivity contribution is -0.125. The summed E-state index contributed by atoms with van der Waals surface area (Å²) in [6.07, 6.45) is 7.11. The standard InChI is InChI=1S/C18H31N5O2/c1-21(2)17-20-14-15(22(17)3)13-19-16(24)12-18(6-4-5-7-18)23-8-10-25-11-9-23/h14H,4-13H2,1-3H3,(H,19,24). The minimum Gasteiger partial charge on any atom is -0.379 e. The third-order valence-electron chi connectivity index (χ3n) is 5.63. The second-order valence-corrected chi connectivity index (χ2v) is 7.49. The molecule has 1 N–H and O–H groups in total. The summed E-state index contributed by atoms with van der Waals surface area (Å²) in [6.45, 7) is 3.98. The van der Waals surface area contributed by atoms with Crippen LogP contribution in [0, 0.1) is 0 Å². The zero-order chi connectivity index (χ0) is 17.9. The summed E-state index contributed by atoms with van der Waals surface area (Å²) in [5.41, 5.74) is 1.05. The van der Waals surface area contributed by atoms with Gasteiger partial charge >= 0.3 is 0 Å². The molecule has 1 aromatic heterocycles. The highest BCUT2D eigenvalue weighted by atomic mass is 16.5. The molecule has 7 heteroatoms. The van der Waals surface area contributed by atoms with Gasteiger partial charge < -0.3 is 19.5 Å². The number of hydrogen-bond donors (Lipinski definition) is 1. The van der Waals surface area contributed by atoms with Crippen molar-refractivity contribution in [2.45, 2.75) is 44.2 Å². The van der Waals surface area contributed by atoms with Gasteiger partial charge in [-0.25, -0.2) is 4.98 Å². The second kappa shape index (κ2) is 7.74. The van der Waals surface area contributed by atoms with Crippen molar-refractivity contribution in [3.8, 4) is 0 Å². The number of rotatable bonds is 6. The Labute approximate surface area is 150 Å². The van der Waals surface area contributed by atoms with Gasteiger partial charge in [-0.05, 0) is 12.8 Å². The van der Waals surface area contributed by atoms with Crippen molar-refractivity contribution in [3.63, 3.8) is 0 Å². The first kappa shape index (κ1) is 18.2. The minimum atomic E-state index is 0.0368. The van der Waals surface area contributed by atoms with Crippen LogP contribution in [0.4, 0.5) is 5.95 Å². The van der Waals surface area contributed by atoms with Crippen LogP contribution < -0.4 is 10.2 Å². The molecule has 0 spiro atoms. The Kier molecular flexibility index (Phi) is 5.64. The smallest absolute Gasteiger partial charge is 0.222 e. The molecule has 2 fully saturated rings. The molecule has 25 heavy (non-hydrogen) atoms. The lowest BCUT2D eigenvalue weighted by Gasteiger charge is -2.43. The first-order chi connectivity index (χ1) is 12.0. The fourth-order valence-corrected chi connectivity index (χ4v) is 4.24. The average molecular weight is 349 g/mol. The van der Waals surface area contributed by atoms with E-state index in [1.165, 1.54) is 12.8 Å². The van der Waals surface area contributed by atoms with Crippen molar-refractivity contribution in [1.29, 1.82) is 0 Å². The number of amides is 1. The molecule has 0 aromatic carbocycles. The van der Waals surface area contributed by atoms with Crippen molar-refractivity contribution in [1.82, 2.24) is 19.8 Å². The predicted octanol–water partition coefficient (Wildman–Crippen LogP) is 1.14. The van der Waals surface area contributed by atoms with Gasteiger partial charge in [-0.1, -0.05) is 12.8 Å². The molecule has 1 aromatic rings. The topological polar surface area (TPSA) is 62.6 Å². The van der Waals surface area contributed by atoms with Gasteiger partial charge in [0.1, 0.15) is 0 Å². The molecule has 2 aliphatic rings. The van der Waals surface area contributed by atoms with Gasteiger partial charge in [0, 0.05) is 46.2 Å². The third-order valence-corrected chi connectivity index (χ3v) is 5.63. The van der Waals surface area contributed by atoms with Gasteiger partial charge in [-0.2, -0.15) is 0 Å². The average Bonchev–Trinajstić information content (AvgIpc) is 3.21. The van der Waals surface area contributed by atoms with Crippen molar-refractivity contribution in [2.75, 3.05) is 45.3 Å². The van der Waals surface area contributed by atoms with Gasteiger partial charge in [0.05, 0.1) is 31.6 Å². The lowest BCUT2D eigenvalue weighted by atomic mass is 9.90. The summed E-state index contributed by atoms with van der Waals surface area (Å²) < 4.78 is 7.51. The maximum absolute atomic E-state index is 12.7. The molecule has 2 heterocycles. The maximum Gasteiger partial charge on any atom is 0.222 e. The molecule has 0 bridgehead atoms. The van der Waals surface area contributed by atoms with Crippen LogP contribution in [0.25, 0.3) is 0 Å². The molecule has 1 amide bonds. The number of aromatic nitrogens is 2. The third kappa shape index (κ3) is 3.98. The molecular weight excluding hydrogens is 318 g/mol. The normalized spacial score (nSPS) is 20.6. The van der Waals surface area contributed by atoms with Gasteiger partial charge in [0.15, 0.2) is 0 Å². The molecule has 0 atom stereocenters. The number of carbonyl (C=O) groups is 1. The number of imidazole rings is 1. The SMILES string of the molecule is CN(C)c1ncc(CNC(=O)CC2(N3CCOCC3)CCCC2)n1C. The number of nitrogens with zero attached hydrogens (tertiary/aromatic N) is 4. The van der Waals surface area contributed by atoms with E-state index in [0.29, 0.717) is 13.0 Å². The number of ether oxygens (including phenoxy) is 1. The van der Waals surface area contributed by atoms with Crippen molar-refractivity contribution in [3.05, 3.63) is 11.9 Å². The maximum atomic E-state index is 12.7. The zero-order valence-corrected chi connectivity index (χ0v) is 15.8. The molecule has 0 unspecified atom stereocenters. The largest absolute Gasteiger partial charge is 0.379 e. The number of morpholine rings is 1. The highest BCUT2D eigenvalue weighted by Crippen LogP contribution is 2.38. The van der Waals surface area contributed by atoms with Crippen LogP contribution in [0.2, 0.25) is 0 Å². The molecule has 1 saturated heterocycles. The number of carbonyl (C=O) groups excluding carboxylic acids is 1. The Morgan fingerprint density at radius 2 is 2.00 bits per heavy atom. The molecular formula is C18H31N5O2. The first-order valence-corrected chi connectivity index (χ1v) is 9.29. The minimum absolute atomic E-state index is 0.0368. The Morgan fingerprint density at radius 1 is 1.32 bits per heavy atom. The fourth-order valence-electron chi connectivity index (χ4n) is 4.24. The summed E-state index contributed by atoms with van der Waals surface area (Å²) in [4.78, 5) is 21.5. The molecule has 7 nitrogen and oxygen atoms in total. The molecule has 1 aliphatic heterocycles. The molecule has 3 rings (SSSR count). The van der Waals surface area contributed by atoms with E-state index in [2.05, 4.69) is 15.2 Å². The Balaban J connectivity index is 1.59. The Morgan fingerprint density at radius 3 is 2.60 bits per heavy atom. The summed E-state index contributed by atoms with van der Waals surface area (Å²) in [5, 5.41) is 3.11. The van der Waals surface area contributed by atoms with Crippen molar-refractivity contribution in [2.24, 2.45) is 7.05 Å². The van der Waals surface area contributed by atoms with Crippen LogP contribution in [0.15, 0.2) is 6.20 Å². The van der Waals surface area contributed by atoms with E-state index in [9.17, 15) is 4.79 Å². The van der Waals surface area contributed by atoms with E-state index in [-0.39, 0.29) is 11.4 Å².